The zero-order valence-electron chi connectivity index (χ0n) is 8.85. The van der Waals surface area contributed by atoms with Crippen LogP contribution in [-0.2, 0) is 0 Å². The van der Waals surface area contributed by atoms with Gasteiger partial charge in [-0.05, 0) is 30.3 Å². The zero-order chi connectivity index (χ0) is 12.3. The van der Waals surface area contributed by atoms with Crippen LogP contribution in [0.3, 0.4) is 0 Å². The summed E-state index contributed by atoms with van der Waals surface area (Å²) < 4.78 is 0. The molecule has 5 heteroatoms. The molecule has 0 aliphatic heterocycles. The van der Waals surface area contributed by atoms with Crippen LogP contribution in [-0.4, -0.2) is 10.9 Å². The van der Waals surface area contributed by atoms with E-state index >= 15 is 0 Å². The topological polar surface area (TPSA) is 68.0 Å². The number of halogens is 1. The molecule has 1 heterocycles. The van der Waals surface area contributed by atoms with Gasteiger partial charge in [-0.2, -0.15) is 0 Å². The second kappa shape index (κ2) is 4.84. The summed E-state index contributed by atoms with van der Waals surface area (Å²) >= 11 is 5.72. The zero-order valence-corrected chi connectivity index (χ0v) is 9.61. The molecule has 1 aromatic carbocycles. The van der Waals surface area contributed by atoms with Crippen LogP contribution < -0.4 is 11.1 Å². The van der Waals surface area contributed by atoms with Crippen molar-refractivity contribution < 1.29 is 4.79 Å². The fraction of sp³-hybridized carbons (Fsp3) is 0. The molecule has 0 aliphatic carbocycles. The van der Waals surface area contributed by atoms with E-state index in [1.165, 1.54) is 6.20 Å². The lowest BCUT2D eigenvalue weighted by Gasteiger charge is -2.05. The van der Waals surface area contributed by atoms with Gasteiger partial charge in [-0.25, -0.2) is 4.98 Å². The highest BCUT2D eigenvalue weighted by molar-refractivity contribution is 6.29. The largest absolute Gasteiger partial charge is 0.399 e. The first kappa shape index (κ1) is 11.4. The molecule has 0 atom stereocenters. The van der Waals surface area contributed by atoms with Gasteiger partial charge in [-0.1, -0.05) is 17.7 Å². The Bertz CT molecular complexity index is 557. The number of nitrogens with zero attached hydrogens (tertiary/aromatic N) is 1. The number of carbonyl (C=O) groups excluding carboxylic acids is 1. The molecular weight excluding hydrogens is 238 g/mol. The average molecular weight is 248 g/mol. The molecule has 2 rings (SSSR count). The first-order valence-corrected chi connectivity index (χ1v) is 5.31. The van der Waals surface area contributed by atoms with Crippen LogP contribution in [0.25, 0.3) is 0 Å². The minimum Gasteiger partial charge on any atom is -0.399 e. The first-order chi connectivity index (χ1) is 8.15. The molecule has 1 aromatic heterocycles. The van der Waals surface area contributed by atoms with Gasteiger partial charge in [-0.3, -0.25) is 4.79 Å². The highest BCUT2D eigenvalue weighted by Crippen LogP contribution is 2.14. The molecule has 0 saturated carbocycles. The smallest absolute Gasteiger partial charge is 0.255 e. The average Bonchev–Trinajstić information content (AvgIpc) is 2.29. The van der Waals surface area contributed by atoms with Gasteiger partial charge in [0.1, 0.15) is 5.15 Å². The molecule has 0 unspecified atom stereocenters. The summed E-state index contributed by atoms with van der Waals surface area (Å²) in [5, 5.41) is 3.04. The maximum atomic E-state index is 11.8. The predicted octanol–water partition coefficient (Wildman–Crippen LogP) is 2.57. The molecule has 0 fully saturated rings. The van der Waals surface area contributed by atoms with E-state index in [0.717, 1.165) is 0 Å². The standard InChI is InChI=1S/C12H10ClN3O/c13-11-7-10(4-5-15-11)16-12(17)8-2-1-3-9(14)6-8/h1-7H,14H2,(H,15,16,17). The van der Waals surface area contributed by atoms with E-state index in [1.807, 2.05) is 0 Å². The fourth-order valence-electron chi connectivity index (χ4n) is 1.36. The molecule has 1 amide bonds. The molecule has 3 N–H and O–H groups in total. The van der Waals surface area contributed by atoms with E-state index in [-0.39, 0.29) is 5.91 Å². The second-order valence-corrected chi connectivity index (χ2v) is 3.83. The maximum Gasteiger partial charge on any atom is 0.255 e. The van der Waals surface area contributed by atoms with Crippen molar-refractivity contribution >= 4 is 28.9 Å². The molecule has 2 aromatic rings. The molecule has 0 saturated heterocycles. The highest BCUT2D eigenvalue weighted by Gasteiger charge is 2.06. The van der Waals surface area contributed by atoms with Gasteiger partial charge >= 0.3 is 0 Å². The summed E-state index contributed by atoms with van der Waals surface area (Å²) in [6.07, 6.45) is 1.53. The molecule has 0 radical (unpaired) electrons. The minimum atomic E-state index is -0.237. The van der Waals surface area contributed by atoms with Crippen LogP contribution in [0.4, 0.5) is 11.4 Å². The number of hydrogen-bond donors (Lipinski definition) is 2. The van der Waals surface area contributed by atoms with E-state index in [2.05, 4.69) is 10.3 Å². The molecule has 4 nitrogen and oxygen atoms in total. The number of anilines is 2. The maximum absolute atomic E-state index is 11.8. The Hall–Kier alpha value is -2.07. The van der Waals surface area contributed by atoms with Crippen LogP contribution in [0.15, 0.2) is 42.6 Å². The van der Waals surface area contributed by atoms with Gasteiger partial charge in [0, 0.05) is 23.1 Å². The van der Waals surface area contributed by atoms with E-state index < -0.39 is 0 Å². The SMILES string of the molecule is Nc1cccc(C(=O)Nc2ccnc(Cl)c2)c1. The first-order valence-electron chi connectivity index (χ1n) is 4.93. The Balaban J connectivity index is 2.17. The van der Waals surface area contributed by atoms with Crippen molar-refractivity contribution in [1.29, 1.82) is 0 Å². The van der Waals surface area contributed by atoms with Gasteiger partial charge in [-0.15, -0.1) is 0 Å². The van der Waals surface area contributed by atoms with Crippen LogP contribution in [0.2, 0.25) is 5.15 Å². The van der Waals surface area contributed by atoms with Crippen LogP contribution in [0.1, 0.15) is 10.4 Å². The molecule has 0 bridgehead atoms. The summed E-state index contributed by atoms with van der Waals surface area (Å²) in [4.78, 5) is 15.7. The van der Waals surface area contributed by atoms with Gasteiger partial charge in [0.05, 0.1) is 0 Å². The summed E-state index contributed by atoms with van der Waals surface area (Å²) in [6, 6.07) is 9.98. The third-order valence-corrected chi connectivity index (χ3v) is 2.34. The molecule has 0 spiro atoms. The van der Waals surface area contributed by atoms with E-state index in [9.17, 15) is 4.79 Å². The summed E-state index contributed by atoms with van der Waals surface area (Å²) in [5.41, 5.74) is 7.24. The van der Waals surface area contributed by atoms with Crippen molar-refractivity contribution in [2.75, 3.05) is 11.1 Å². The van der Waals surface area contributed by atoms with Crippen molar-refractivity contribution in [3.8, 4) is 0 Å². The Morgan fingerprint density at radius 1 is 1.29 bits per heavy atom. The number of aromatic nitrogens is 1. The van der Waals surface area contributed by atoms with Crippen molar-refractivity contribution in [1.82, 2.24) is 4.98 Å². The number of pyridine rings is 1. The monoisotopic (exact) mass is 247 g/mol. The number of nitrogens with one attached hydrogen (secondary N) is 1. The van der Waals surface area contributed by atoms with E-state index in [0.29, 0.717) is 22.1 Å². The number of benzene rings is 1. The molecule has 0 aliphatic rings. The minimum absolute atomic E-state index is 0.237. The van der Waals surface area contributed by atoms with Crippen LogP contribution in [0, 0.1) is 0 Å². The Morgan fingerprint density at radius 2 is 2.12 bits per heavy atom. The lowest BCUT2D eigenvalue weighted by molar-refractivity contribution is 0.102. The Morgan fingerprint density at radius 3 is 2.82 bits per heavy atom. The van der Waals surface area contributed by atoms with Gasteiger partial charge in [0.15, 0.2) is 0 Å². The Kier molecular flexibility index (Phi) is 3.25. The van der Waals surface area contributed by atoms with E-state index in [1.54, 1.807) is 36.4 Å². The fourth-order valence-corrected chi connectivity index (χ4v) is 1.54. The van der Waals surface area contributed by atoms with Gasteiger partial charge < -0.3 is 11.1 Å². The quantitative estimate of drug-likeness (QED) is 0.633. The third kappa shape index (κ3) is 2.95. The summed E-state index contributed by atoms with van der Waals surface area (Å²) in [6.45, 7) is 0. The number of amides is 1. The predicted molar refractivity (Wildman–Crippen MR) is 68.1 cm³/mol. The normalized spacial score (nSPS) is 9.94. The highest BCUT2D eigenvalue weighted by atomic mass is 35.5. The second-order valence-electron chi connectivity index (χ2n) is 3.45. The van der Waals surface area contributed by atoms with Crippen molar-refractivity contribution in [3.05, 3.63) is 53.3 Å². The van der Waals surface area contributed by atoms with E-state index in [4.69, 9.17) is 17.3 Å². The molecule has 86 valence electrons. The van der Waals surface area contributed by atoms with Crippen molar-refractivity contribution in [2.45, 2.75) is 0 Å². The number of hydrogen-bond acceptors (Lipinski definition) is 3. The number of carbonyl (C=O) groups is 1. The lowest BCUT2D eigenvalue weighted by atomic mass is 10.2. The van der Waals surface area contributed by atoms with Gasteiger partial charge in [0.25, 0.3) is 5.91 Å². The van der Waals surface area contributed by atoms with Crippen LogP contribution >= 0.6 is 11.6 Å². The number of nitrogens with two attached hydrogens (primary N) is 1. The molecular formula is C12H10ClN3O. The number of rotatable bonds is 2. The number of nitrogen functional groups attached to an aromatic ring is 1. The van der Waals surface area contributed by atoms with Crippen molar-refractivity contribution in [3.63, 3.8) is 0 Å². The molecule has 17 heavy (non-hydrogen) atoms. The third-order valence-electron chi connectivity index (χ3n) is 2.13. The lowest BCUT2D eigenvalue weighted by Crippen LogP contribution is -2.12. The van der Waals surface area contributed by atoms with Gasteiger partial charge in [0.2, 0.25) is 0 Å². The summed E-state index contributed by atoms with van der Waals surface area (Å²) in [7, 11) is 0. The Labute approximate surface area is 103 Å². The summed E-state index contributed by atoms with van der Waals surface area (Å²) in [5.74, 6) is -0.237. The van der Waals surface area contributed by atoms with Crippen LogP contribution in [0.5, 0.6) is 0 Å². The van der Waals surface area contributed by atoms with Crippen molar-refractivity contribution in [2.24, 2.45) is 0 Å².